The van der Waals surface area contributed by atoms with Crippen molar-refractivity contribution in [2.75, 3.05) is 18.4 Å². The Labute approximate surface area is 275 Å². The minimum atomic E-state index is -1.29. The maximum Gasteiger partial charge on any atom is 0.274 e. The van der Waals surface area contributed by atoms with Gasteiger partial charge in [0.05, 0.1) is 12.1 Å². The van der Waals surface area contributed by atoms with Crippen molar-refractivity contribution in [3.05, 3.63) is 112 Å². The van der Waals surface area contributed by atoms with E-state index in [9.17, 15) is 24.2 Å². The van der Waals surface area contributed by atoms with Crippen LogP contribution in [0.25, 0.3) is 5.69 Å². The van der Waals surface area contributed by atoms with E-state index in [4.69, 9.17) is 5.10 Å². The highest BCUT2D eigenvalue weighted by atomic mass is 19.1. The molecule has 0 saturated heterocycles. The van der Waals surface area contributed by atoms with Crippen LogP contribution in [0.1, 0.15) is 84.2 Å². The SMILES string of the molecule is CCCCN(CCCC)C(=O)c1cc(C)n(-c2ccc(NC(=O)Cc3ccccc3F)cc2C(O)N2Cc3ccccc3CC2O)n1. The molecular weight excluding hydrogens is 597 g/mol. The van der Waals surface area contributed by atoms with Crippen LogP contribution in [0.4, 0.5) is 10.1 Å². The maximum absolute atomic E-state index is 14.2. The fraction of sp³-hybridized carbons (Fsp3) is 0.378. The number of anilines is 1. The van der Waals surface area contributed by atoms with E-state index >= 15 is 0 Å². The first-order valence-electron chi connectivity index (χ1n) is 16.4. The zero-order valence-corrected chi connectivity index (χ0v) is 27.3. The number of hydrogen-bond acceptors (Lipinski definition) is 6. The lowest BCUT2D eigenvalue weighted by Gasteiger charge is -2.37. The molecule has 3 N–H and O–H groups in total. The highest BCUT2D eigenvalue weighted by Crippen LogP contribution is 2.34. The Kier molecular flexibility index (Phi) is 11.2. The number of rotatable bonds is 13. The van der Waals surface area contributed by atoms with Gasteiger partial charge in [-0.2, -0.15) is 5.10 Å². The summed E-state index contributed by atoms with van der Waals surface area (Å²) in [7, 11) is 0. The number of aromatic nitrogens is 2. The Morgan fingerprint density at radius 1 is 1.00 bits per heavy atom. The number of hydrogen-bond donors (Lipinski definition) is 3. The third kappa shape index (κ3) is 7.96. The second-order valence-electron chi connectivity index (χ2n) is 12.2. The molecular formula is C37H44FN5O4. The first-order chi connectivity index (χ1) is 22.7. The maximum atomic E-state index is 14.2. The molecule has 0 aliphatic carbocycles. The topological polar surface area (TPSA) is 111 Å². The lowest BCUT2D eigenvalue weighted by atomic mass is 9.97. The Morgan fingerprint density at radius 3 is 2.38 bits per heavy atom. The molecule has 1 aromatic heterocycles. The molecule has 3 aromatic carbocycles. The van der Waals surface area contributed by atoms with Gasteiger partial charge in [0, 0.05) is 43.0 Å². The Morgan fingerprint density at radius 2 is 1.68 bits per heavy atom. The fourth-order valence-corrected chi connectivity index (χ4v) is 6.00. The predicted octanol–water partition coefficient (Wildman–Crippen LogP) is 5.91. The molecule has 2 amide bonds. The summed E-state index contributed by atoms with van der Waals surface area (Å²) in [6.07, 6.45) is 1.67. The molecule has 4 aromatic rings. The molecule has 1 aliphatic heterocycles. The van der Waals surface area contributed by atoms with E-state index in [1.54, 1.807) is 52.0 Å². The largest absolute Gasteiger partial charge is 0.378 e. The molecule has 9 nitrogen and oxygen atoms in total. The van der Waals surface area contributed by atoms with Crippen molar-refractivity contribution in [3.63, 3.8) is 0 Å². The van der Waals surface area contributed by atoms with Gasteiger partial charge >= 0.3 is 0 Å². The van der Waals surface area contributed by atoms with Crippen LogP contribution in [-0.2, 0) is 24.2 Å². The molecule has 5 rings (SSSR count). The van der Waals surface area contributed by atoms with Crippen molar-refractivity contribution in [2.45, 2.75) is 78.3 Å². The molecule has 2 heterocycles. The molecule has 0 spiro atoms. The highest BCUT2D eigenvalue weighted by Gasteiger charge is 2.32. The van der Waals surface area contributed by atoms with Gasteiger partial charge < -0.3 is 20.4 Å². The molecule has 248 valence electrons. The van der Waals surface area contributed by atoms with Crippen molar-refractivity contribution in [3.8, 4) is 5.69 Å². The van der Waals surface area contributed by atoms with Crippen LogP contribution >= 0.6 is 0 Å². The van der Waals surface area contributed by atoms with Gasteiger partial charge in [-0.25, -0.2) is 14.0 Å². The summed E-state index contributed by atoms with van der Waals surface area (Å²) in [6.45, 7) is 7.64. The molecule has 0 saturated carbocycles. The zero-order chi connectivity index (χ0) is 33.5. The molecule has 1 aliphatic rings. The summed E-state index contributed by atoms with van der Waals surface area (Å²) in [4.78, 5) is 30.0. The van der Waals surface area contributed by atoms with Crippen molar-refractivity contribution in [2.24, 2.45) is 0 Å². The van der Waals surface area contributed by atoms with Gasteiger partial charge in [0.2, 0.25) is 5.91 Å². The third-order valence-electron chi connectivity index (χ3n) is 8.65. The summed E-state index contributed by atoms with van der Waals surface area (Å²) < 4.78 is 15.9. The molecule has 0 bridgehead atoms. The van der Waals surface area contributed by atoms with E-state index in [1.807, 2.05) is 36.1 Å². The van der Waals surface area contributed by atoms with Crippen molar-refractivity contribution in [1.82, 2.24) is 19.6 Å². The number of fused-ring (bicyclic) bond motifs is 1. The number of nitrogens with one attached hydrogen (secondary N) is 1. The van der Waals surface area contributed by atoms with Crippen LogP contribution in [0.2, 0.25) is 0 Å². The predicted molar refractivity (Wildman–Crippen MR) is 179 cm³/mol. The Hall–Kier alpha value is -4.38. The zero-order valence-electron chi connectivity index (χ0n) is 27.3. The third-order valence-corrected chi connectivity index (χ3v) is 8.65. The van der Waals surface area contributed by atoms with E-state index in [0.717, 1.165) is 36.8 Å². The van der Waals surface area contributed by atoms with Gasteiger partial charge in [-0.1, -0.05) is 69.2 Å². The van der Waals surface area contributed by atoms with Gasteiger partial charge in [-0.3, -0.25) is 9.59 Å². The number of unbranched alkanes of at least 4 members (excludes halogenated alkanes) is 2. The average Bonchev–Trinajstić information content (AvgIpc) is 3.46. The van der Waals surface area contributed by atoms with E-state index in [2.05, 4.69) is 19.2 Å². The van der Waals surface area contributed by atoms with E-state index in [0.29, 0.717) is 54.4 Å². The van der Waals surface area contributed by atoms with Gasteiger partial charge in [0.25, 0.3) is 5.91 Å². The number of aliphatic hydroxyl groups excluding tert-OH is 2. The number of amides is 2. The van der Waals surface area contributed by atoms with Gasteiger partial charge in [-0.05, 0) is 66.8 Å². The van der Waals surface area contributed by atoms with Crippen molar-refractivity contribution < 1.29 is 24.2 Å². The van der Waals surface area contributed by atoms with Gasteiger partial charge in [0.15, 0.2) is 5.69 Å². The van der Waals surface area contributed by atoms with Crippen molar-refractivity contribution in [1.29, 1.82) is 0 Å². The number of carbonyl (C=O) groups excluding carboxylic acids is 2. The molecule has 47 heavy (non-hydrogen) atoms. The van der Waals surface area contributed by atoms with Gasteiger partial charge in [0.1, 0.15) is 18.3 Å². The number of benzene rings is 3. The van der Waals surface area contributed by atoms with Gasteiger partial charge in [-0.15, -0.1) is 0 Å². The quantitative estimate of drug-likeness (QED) is 0.167. The van der Waals surface area contributed by atoms with Crippen LogP contribution in [0.3, 0.4) is 0 Å². The summed E-state index contributed by atoms with van der Waals surface area (Å²) in [6, 6.07) is 20.7. The summed E-state index contributed by atoms with van der Waals surface area (Å²) in [5, 5.41) is 30.6. The van der Waals surface area contributed by atoms with E-state index < -0.39 is 24.2 Å². The minimum absolute atomic E-state index is 0.143. The number of aryl methyl sites for hydroxylation is 1. The number of aliphatic hydroxyl groups is 2. The van der Waals surface area contributed by atoms with Crippen LogP contribution in [0.15, 0.2) is 72.8 Å². The summed E-state index contributed by atoms with van der Waals surface area (Å²) in [5.41, 5.74) is 4.55. The number of nitrogens with zero attached hydrogens (tertiary/aromatic N) is 4. The Bertz CT molecular complexity index is 1700. The van der Waals surface area contributed by atoms with Crippen LogP contribution in [0, 0.1) is 12.7 Å². The fourth-order valence-electron chi connectivity index (χ4n) is 6.00. The molecule has 10 heteroatoms. The average molecular weight is 642 g/mol. The van der Waals surface area contributed by atoms with E-state index in [-0.39, 0.29) is 17.9 Å². The minimum Gasteiger partial charge on any atom is -0.378 e. The molecule has 0 fully saturated rings. The lowest BCUT2D eigenvalue weighted by Crippen LogP contribution is -2.42. The highest BCUT2D eigenvalue weighted by molar-refractivity contribution is 5.93. The van der Waals surface area contributed by atoms with Crippen molar-refractivity contribution >= 4 is 17.5 Å². The standard InChI is InChI=1S/C37H44FN5O4/c1-4-6-18-41(19-7-5-2)37(47)32-20-25(3)43(40-32)33-17-16-29(39-34(44)21-27-13-10-11-15-31(27)38)23-30(33)36(46)42-24-28-14-9-8-12-26(28)22-35(42)45/h8-17,20,23,35-36,45-46H,4-7,18-19,21-22,24H2,1-3H3,(H,39,44). The summed E-state index contributed by atoms with van der Waals surface area (Å²) in [5.74, 6) is -1.02. The lowest BCUT2D eigenvalue weighted by molar-refractivity contribution is -0.116. The summed E-state index contributed by atoms with van der Waals surface area (Å²) >= 11 is 0. The van der Waals surface area contributed by atoms with Crippen LogP contribution in [0.5, 0.6) is 0 Å². The van der Waals surface area contributed by atoms with E-state index in [1.165, 1.54) is 6.07 Å². The first kappa shape index (κ1) is 34.0. The second-order valence-corrected chi connectivity index (χ2v) is 12.2. The Balaban J connectivity index is 1.49. The normalized spacial score (nSPS) is 15.2. The molecule has 0 radical (unpaired) electrons. The smallest absolute Gasteiger partial charge is 0.274 e. The number of halogens is 1. The van der Waals surface area contributed by atoms with Crippen LogP contribution in [-0.4, -0.2) is 60.9 Å². The first-order valence-corrected chi connectivity index (χ1v) is 16.4. The monoisotopic (exact) mass is 641 g/mol. The molecule has 2 atom stereocenters. The van der Waals surface area contributed by atoms with Crippen LogP contribution < -0.4 is 5.32 Å². The number of carbonyl (C=O) groups is 2. The molecule has 2 unspecified atom stereocenters. The second kappa shape index (κ2) is 15.5.